The number of nitro groups is 1. The molecule has 0 amide bonds. The Morgan fingerprint density at radius 3 is 2.59 bits per heavy atom. The van der Waals surface area contributed by atoms with Crippen molar-refractivity contribution in [1.29, 1.82) is 0 Å². The van der Waals surface area contributed by atoms with Gasteiger partial charge in [0, 0.05) is 37.2 Å². The highest BCUT2D eigenvalue weighted by Crippen LogP contribution is 2.33. The zero-order chi connectivity index (χ0) is 22.9. The normalized spacial score (nSPS) is 14.2. The lowest BCUT2D eigenvalue weighted by Crippen LogP contribution is -2.19. The first-order valence-corrected chi connectivity index (χ1v) is 9.98. The van der Waals surface area contributed by atoms with Gasteiger partial charge in [0.15, 0.2) is 0 Å². The van der Waals surface area contributed by atoms with Crippen molar-refractivity contribution in [2.24, 2.45) is 0 Å². The Kier molecular flexibility index (Phi) is 5.68. The summed E-state index contributed by atoms with van der Waals surface area (Å²) in [5, 5.41) is 14.8. The van der Waals surface area contributed by atoms with Gasteiger partial charge >= 0.3 is 6.18 Å². The van der Waals surface area contributed by atoms with Crippen molar-refractivity contribution in [2.45, 2.75) is 25.4 Å². The van der Waals surface area contributed by atoms with E-state index in [1.807, 2.05) is 6.07 Å². The molecule has 1 aliphatic heterocycles. The van der Waals surface area contributed by atoms with Crippen molar-refractivity contribution in [3.8, 4) is 0 Å². The average Bonchev–Trinajstić information content (AvgIpc) is 3.27. The second kappa shape index (κ2) is 8.44. The standard InChI is InChI=1S/C20H20F3N7O2/c21-20(22,23)13-7-12(8-14(9-13)30(31)32)3-4-25-18-15-10-17(29-5-1-2-6-29)26-11-16(15)27-19(24)28-18/h7-11H,1-6H2,(H3,24,25,27,28). The smallest absolute Gasteiger partial charge is 0.369 e. The molecule has 3 N–H and O–H groups in total. The molecule has 168 valence electrons. The molecule has 1 aliphatic rings. The van der Waals surface area contributed by atoms with Crippen molar-refractivity contribution < 1.29 is 18.1 Å². The molecule has 0 saturated carbocycles. The SMILES string of the molecule is Nc1nc(NCCc2cc([N+](=O)[O-])cc(C(F)(F)F)c2)c2cc(N3CCCC3)ncc2n1. The van der Waals surface area contributed by atoms with Crippen LogP contribution < -0.4 is 16.0 Å². The maximum absolute atomic E-state index is 13.1. The van der Waals surface area contributed by atoms with Crippen LogP contribution in [0, 0.1) is 10.1 Å². The third-order valence-corrected chi connectivity index (χ3v) is 5.24. The summed E-state index contributed by atoms with van der Waals surface area (Å²) >= 11 is 0. The number of benzene rings is 1. The molecule has 9 nitrogen and oxygen atoms in total. The van der Waals surface area contributed by atoms with Gasteiger partial charge in [0.2, 0.25) is 5.95 Å². The number of fused-ring (bicyclic) bond motifs is 1. The molecule has 4 rings (SSSR count). The number of pyridine rings is 1. The number of nitro benzene ring substituents is 1. The van der Waals surface area contributed by atoms with Gasteiger partial charge in [0.1, 0.15) is 11.6 Å². The second-order valence-electron chi connectivity index (χ2n) is 7.50. The van der Waals surface area contributed by atoms with Gasteiger partial charge in [-0.2, -0.15) is 18.2 Å². The first-order chi connectivity index (χ1) is 15.2. The van der Waals surface area contributed by atoms with Gasteiger partial charge in [-0.3, -0.25) is 10.1 Å². The predicted octanol–water partition coefficient (Wildman–Crippen LogP) is 3.79. The molecule has 0 spiro atoms. The van der Waals surface area contributed by atoms with Crippen molar-refractivity contribution >= 4 is 34.2 Å². The van der Waals surface area contributed by atoms with Crippen LogP contribution in [0.4, 0.5) is 36.4 Å². The molecule has 0 radical (unpaired) electrons. The van der Waals surface area contributed by atoms with Crippen LogP contribution in [0.15, 0.2) is 30.5 Å². The summed E-state index contributed by atoms with van der Waals surface area (Å²) in [7, 11) is 0. The fourth-order valence-electron chi connectivity index (χ4n) is 3.71. The summed E-state index contributed by atoms with van der Waals surface area (Å²) in [5.74, 6) is 1.25. The molecule has 1 aromatic carbocycles. The van der Waals surface area contributed by atoms with Crippen molar-refractivity contribution in [3.63, 3.8) is 0 Å². The van der Waals surface area contributed by atoms with Crippen LogP contribution in [-0.4, -0.2) is 39.5 Å². The molecule has 0 atom stereocenters. The number of hydrogen-bond acceptors (Lipinski definition) is 8. The number of nitrogens with one attached hydrogen (secondary N) is 1. The number of nitrogen functional groups attached to an aromatic ring is 1. The van der Waals surface area contributed by atoms with E-state index >= 15 is 0 Å². The van der Waals surface area contributed by atoms with Gasteiger partial charge in [0.25, 0.3) is 5.69 Å². The zero-order valence-corrected chi connectivity index (χ0v) is 16.9. The topological polar surface area (TPSA) is 123 Å². The van der Waals surface area contributed by atoms with Gasteiger partial charge in [-0.15, -0.1) is 0 Å². The molecule has 0 aliphatic carbocycles. The first kappa shape index (κ1) is 21.5. The lowest BCUT2D eigenvalue weighted by atomic mass is 10.1. The van der Waals surface area contributed by atoms with Crippen LogP contribution in [-0.2, 0) is 12.6 Å². The minimum atomic E-state index is -4.68. The van der Waals surface area contributed by atoms with Gasteiger partial charge in [-0.25, -0.2) is 9.97 Å². The number of halogens is 3. The number of non-ortho nitro benzene ring substituents is 1. The van der Waals surface area contributed by atoms with Gasteiger partial charge < -0.3 is 16.0 Å². The Hall–Kier alpha value is -3.70. The molecule has 1 fully saturated rings. The molecule has 2 aromatic heterocycles. The maximum atomic E-state index is 13.1. The van der Waals surface area contributed by atoms with Gasteiger partial charge in [-0.05, 0) is 37.0 Å². The second-order valence-corrected chi connectivity index (χ2v) is 7.50. The van der Waals surface area contributed by atoms with Crippen LogP contribution in [0.5, 0.6) is 0 Å². The molecule has 0 unspecified atom stereocenters. The van der Waals surface area contributed by atoms with E-state index in [0.29, 0.717) is 22.8 Å². The lowest BCUT2D eigenvalue weighted by Gasteiger charge is -2.17. The number of aromatic nitrogens is 3. The van der Waals surface area contributed by atoms with E-state index < -0.39 is 22.4 Å². The highest BCUT2D eigenvalue weighted by molar-refractivity contribution is 5.91. The number of rotatable bonds is 6. The van der Waals surface area contributed by atoms with Crippen LogP contribution in [0.3, 0.4) is 0 Å². The molecule has 3 aromatic rings. The highest BCUT2D eigenvalue weighted by atomic mass is 19.4. The van der Waals surface area contributed by atoms with E-state index in [-0.39, 0.29) is 24.5 Å². The minimum absolute atomic E-state index is 0.0328. The van der Waals surface area contributed by atoms with Crippen molar-refractivity contribution in [2.75, 3.05) is 35.6 Å². The Balaban J connectivity index is 1.57. The lowest BCUT2D eigenvalue weighted by molar-refractivity contribution is -0.385. The van der Waals surface area contributed by atoms with E-state index in [9.17, 15) is 23.3 Å². The Labute approximate surface area is 180 Å². The molecule has 1 saturated heterocycles. The number of nitrogens with two attached hydrogens (primary N) is 1. The van der Waals surface area contributed by atoms with E-state index in [1.165, 1.54) is 0 Å². The van der Waals surface area contributed by atoms with Crippen molar-refractivity contribution in [1.82, 2.24) is 15.0 Å². The Morgan fingerprint density at radius 1 is 1.16 bits per heavy atom. The largest absolute Gasteiger partial charge is 0.416 e. The summed E-state index contributed by atoms with van der Waals surface area (Å²) < 4.78 is 39.3. The Bertz CT molecular complexity index is 1160. The van der Waals surface area contributed by atoms with Gasteiger partial charge in [-0.1, -0.05) is 0 Å². The molecule has 12 heteroatoms. The first-order valence-electron chi connectivity index (χ1n) is 9.98. The molecule has 3 heterocycles. The van der Waals surface area contributed by atoms with Crippen molar-refractivity contribution in [3.05, 3.63) is 51.7 Å². The summed E-state index contributed by atoms with van der Waals surface area (Å²) in [6.07, 6.45) is -0.772. The third-order valence-electron chi connectivity index (χ3n) is 5.24. The molecular formula is C20H20F3N7O2. The Morgan fingerprint density at radius 2 is 1.91 bits per heavy atom. The monoisotopic (exact) mass is 447 g/mol. The van der Waals surface area contributed by atoms with Crippen LogP contribution in [0.25, 0.3) is 10.9 Å². The molecular weight excluding hydrogens is 427 g/mol. The van der Waals surface area contributed by atoms with Crippen LogP contribution in [0.2, 0.25) is 0 Å². The third kappa shape index (κ3) is 4.63. The predicted molar refractivity (Wildman–Crippen MR) is 113 cm³/mol. The van der Waals surface area contributed by atoms with E-state index in [4.69, 9.17) is 5.73 Å². The number of hydrogen-bond donors (Lipinski definition) is 2. The van der Waals surface area contributed by atoms with E-state index in [1.54, 1.807) is 6.20 Å². The molecule has 32 heavy (non-hydrogen) atoms. The minimum Gasteiger partial charge on any atom is -0.369 e. The number of anilines is 3. The van der Waals surface area contributed by atoms with E-state index in [2.05, 4.69) is 25.2 Å². The average molecular weight is 447 g/mol. The van der Waals surface area contributed by atoms with Gasteiger partial charge in [0.05, 0.1) is 22.2 Å². The highest BCUT2D eigenvalue weighted by Gasteiger charge is 2.32. The zero-order valence-electron chi connectivity index (χ0n) is 16.9. The summed E-state index contributed by atoms with van der Waals surface area (Å²) in [6, 6.07) is 4.44. The summed E-state index contributed by atoms with van der Waals surface area (Å²) in [5.41, 5.74) is 4.85. The van der Waals surface area contributed by atoms with Crippen LogP contribution in [0.1, 0.15) is 24.0 Å². The maximum Gasteiger partial charge on any atom is 0.416 e. The summed E-state index contributed by atoms with van der Waals surface area (Å²) in [4.78, 5) is 25.2. The fourth-order valence-corrected chi connectivity index (χ4v) is 3.71. The van der Waals surface area contributed by atoms with E-state index in [0.717, 1.165) is 43.9 Å². The summed E-state index contributed by atoms with van der Waals surface area (Å²) in [6.45, 7) is 2.00. The fraction of sp³-hybridized carbons (Fsp3) is 0.350. The van der Waals surface area contributed by atoms with Crippen LogP contribution >= 0.6 is 0 Å². The number of alkyl halides is 3. The number of nitrogens with zero attached hydrogens (tertiary/aromatic N) is 5. The quantitative estimate of drug-likeness (QED) is 0.432. The molecule has 0 bridgehead atoms.